The van der Waals surface area contributed by atoms with Gasteiger partial charge >= 0.3 is 14.0 Å². The minimum absolute atomic E-state index is 0.0103. The SMILES string of the molecule is Cc1ccc2c(c1)-c1cc3c(cc1B1N2c2cc(C)c(C)c4c5cc(C)ccc5n1c24)-c1cc(C)ccc1N1B3n2c3ccc(C)cc3c3c(C)c(C)cc1c32. The molecule has 0 fully saturated rings. The van der Waals surface area contributed by atoms with Gasteiger partial charge < -0.3 is 18.6 Å². The van der Waals surface area contributed by atoms with Crippen molar-refractivity contribution in [3.05, 3.63) is 142 Å². The van der Waals surface area contributed by atoms with Crippen molar-refractivity contribution in [3.8, 4) is 22.3 Å². The summed E-state index contributed by atoms with van der Waals surface area (Å²) in [4.78, 5) is 5.32. The van der Waals surface area contributed by atoms with Gasteiger partial charge in [0.15, 0.2) is 0 Å². The van der Waals surface area contributed by atoms with Crippen LogP contribution in [0.3, 0.4) is 0 Å². The maximum Gasteiger partial charge on any atom is 0.421 e. The van der Waals surface area contributed by atoms with E-state index in [0.717, 1.165) is 0 Å². The van der Waals surface area contributed by atoms with Crippen molar-refractivity contribution in [3.63, 3.8) is 0 Å². The fourth-order valence-electron chi connectivity index (χ4n) is 11.4. The highest BCUT2D eigenvalue weighted by Crippen LogP contribution is 2.54. The van der Waals surface area contributed by atoms with E-state index in [1.54, 1.807) is 0 Å². The molecule has 0 saturated carbocycles. The predicted octanol–water partition coefficient (Wildman–Crippen LogP) is 11.1. The molecule has 9 aromatic rings. The lowest BCUT2D eigenvalue weighted by Crippen LogP contribution is -2.55. The Labute approximate surface area is 327 Å². The Kier molecular flexibility index (Phi) is 5.55. The van der Waals surface area contributed by atoms with Crippen molar-refractivity contribution < 1.29 is 0 Å². The van der Waals surface area contributed by atoms with Crippen LogP contribution in [0.25, 0.3) is 65.9 Å². The van der Waals surface area contributed by atoms with Gasteiger partial charge in [-0.1, -0.05) is 58.7 Å². The molecule has 0 saturated heterocycles. The van der Waals surface area contributed by atoms with E-state index >= 15 is 0 Å². The zero-order valence-corrected chi connectivity index (χ0v) is 33.2. The van der Waals surface area contributed by atoms with Crippen molar-refractivity contribution in [2.75, 3.05) is 9.62 Å². The summed E-state index contributed by atoms with van der Waals surface area (Å²) < 4.78 is 5.35. The van der Waals surface area contributed by atoms with Crippen LogP contribution in [0.1, 0.15) is 44.5 Å². The van der Waals surface area contributed by atoms with E-state index in [1.807, 2.05) is 0 Å². The van der Waals surface area contributed by atoms with Gasteiger partial charge in [-0.15, -0.1) is 0 Å². The second-order valence-corrected chi connectivity index (χ2v) is 17.5. The highest BCUT2D eigenvalue weighted by molar-refractivity contribution is 6.85. The zero-order valence-electron chi connectivity index (χ0n) is 33.2. The van der Waals surface area contributed by atoms with E-state index in [9.17, 15) is 0 Å². The van der Waals surface area contributed by atoms with Gasteiger partial charge in [0.2, 0.25) is 0 Å². The molecular formula is C50H40B2N4. The molecule has 0 spiro atoms. The average molecular weight is 719 g/mol. The second kappa shape index (κ2) is 9.99. The van der Waals surface area contributed by atoms with Gasteiger partial charge in [-0.3, -0.25) is 0 Å². The van der Waals surface area contributed by atoms with E-state index in [0.29, 0.717) is 0 Å². The molecular weight excluding hydrogens is 678 g/mol. The first-order valence-corrected chi connectivity index (χ1v) is 20.2. The van der Waals surface area contributed by atoms with Crippen molar-refractivity contribution in [2.45, 2.75) is 55.4 Å². The second-order valence-electron chi connectivity index (χ2n) is 17.5. The van der Waals surface area contributed by atoms with E-state index < -0.39 is 0 Å². The number of fused-ring (bicyclic) bond motifs is 22. The third-order valence-corrected chi connectivity index (χ3v) is 14.1. The summed E-state index contributed by atoms with van der Waals surface area (Å²) in [5, 5.41) is 5.51. The first-order valence-electron chi connectivity index (χ1n) is 20.2. The number of anilines is 4. The van der Waals surface area contributed by atoms with Gasteiger partial charge in [-0.2, -0.15) is 0 Å². The lowest BCUT2D eigenvalue weighted by atomic mass is 9.54. The summed E-state index contributed by atoms with van der Waals surface area (Å²) in [5.41, 5.74) is 29.2. The van der Waals surface area contributed by atoms with Crippen molar-refractivity contribution in [2.24, 2.45) is 0 Å². The molecule has 13 rings (SSSR count). The molecule has 266 valence electrons. The number of benzene rings is 7. The normalized spacial score (nSPS) is 14.3. The predicted molar refractivity (Wildman–Crippen MR) is 240 cm³/mol. The molecule has 4 aliphatic heterocycles. The Morgan fingerprint density at radius 3 is 1.20 bits per heavy atom. The van der Waals surface area contributed by atoms with Crippen LogP contribution in [0, 0.1) is 55.4 Å². The van der Waals surface area contributed by atoms with Gasteiger partial charge in [0.1, 0.15) is 0 Å². The molecule has 0 radical (unpaired) electrons. The molecule has 0 atom stereocenters. The summed E-state index contributed by atoms with van der Waals surface area (Å²) in [6, 6.07) is 38.5. The van der Waals surface area contributed by atoms with Crippen LogP contribution < -0.4 is 20.5 Å². The van der Waals surface area contributed by atoms with Crippen LogP contribution in [-0.4, -0.2) is 22.9 Å². The summed E-state index contributed by atoms with van der Waals surface area (Å²) in [5.74, 6) is 0. The molecule has 6 heteroatoms. The fraction of sp³-hybridized carbons (Fsp3) is 0.160. The summed E-state index contributed by atoms with van der Waals surface area (Å²) >= 11 is 0. The minimum Gasteiger partial charge on any atom is -0.359 e. The number of hydrogen-bond acceptors (Lipinski definition) is 2. The van der Waals surface area contributed by atoms with Gasteiger partial charge in [0.05, 0.1) is 22.4 Å². The quantitative estimate of drug-likeness (QED) is 0.145. The molecule has 0 bridgehead atoms. The van der Waals surface area contributed by atoms with Gasteiger partial charge in [-0.25, -0.2) is 0 Å². The van der Waals surface area contributed by atoms with Crippen LogP contribution in [0.2, 0.25) is 0 Å². The van der Waals surface area contributed by atoms with Crippen molar-refractivity contribution in [1.82, 2.24) is 8.96 Å². The molecule has 6 heterocycles. The van der Waals surface area contributed by atoms with Crippen LogP contribution in [0.5, 0.6) is 0 Å². The van der Waals surface area contributed by atoms with Crippen molar-refractivity contribution >= 4 is 91.3 Å². The Morgan fingerprint density at radius 2 is 0.768 bits per heavy atom. The van der Waals surface area contributed by atoms with E-state index in [-0.39, 0.29) is 14.0 Å². The third kappa shape index (κ3) is 3.48. The molecule has 0 unspecified atom stereocenters. The molecule has 4 nitrogen and oxygen atoms in total. The van der Waals surface area contributed by atoms with Crippen molar-refractivity contribution in [1.29, 1.82) is 0 Å². The Balaban J connectivity index is 1.18. The fourth-order valence-corrected chi connectivity index (χ4v) is 11.4. The molecule has 56 heavy (non-hydrogen) atoms. The highest BCUT2D eigenvalue weighted by Gasteiger charge is 2.50. The summed E-state index contributed by atoms with van der Waals surface area (Å²) in [6.07, 6.45) is 0. The molecule has 0 amide bonds. The van der Waals surface area contributed by atoms with Gasteiger partial charge in [0, 0.05) is 55.1 Å². The van der Waals surface area contributed by atoms with Crippen LogP contribution >= 0.6 is 0 Å². The smallest absolute Gasteiger partial charge is 0.359 e. The highest BCUT2D eigenvalue weighted by atomic mass is 15.2. The molecule has 2 aromatic heterocycles. The topological polar surface area (TPSA) is 16.3 Å². The number of rotatable bonds is 0. The maximum absolute atomic E-state index is 2.68. The van der Waals surface area contributed by atoms with Crippen LogP contribution in [0.15, 0.2) is 97.1 Å². The average Bonchev–Trinajstić information content (AvgIpc) is 3.89. The van der Waals surface area contributed by atoms with Crippen LogP contribution in [-0.2, 0) is 0 Å². The Hall–Kier alpha value is -6.13. The lowest BCUT2D eigenvalue weighted by Gasteiger charge is -2.39. The summed E-state index contributed by atoms with van der Waals surface area (Å²) in [6.45, 7) is 18.1. The maximum atomic E-state index is 2.68. The number of aryl methyl sites for hydroxylation is 8. The number of aromatic nitrogens is 2. The Bertz CT molecular complexity index is 3160. The van der Waals surface area contributed by atoms with Crippen LogP contribution in [0.4, 0.5) is 22.7 Å². The standard InChI is InChI=1S/C50H40B2N4/c1-25-9-13-41-35(17-25)33-23-40-34(24-39(33)51-53(41)45-21-29(5)31(7)47-37-19-27(3)11-15-43(37)55(51)49(45)47)36-18-26(2)10-14-42(36)54-46-22-30(6)32(8)48-38-20-28(4)12-16-44(38)56(50(46)48)52(40)54/h9-24H,1-8H3. The largest absolute Gasteiger partial charge is 0.421 e. The molecule has 4 aliphatic rings. The van der Waals surface area contributed by atoms with E-state index in [1.165, 1.54) is 144 Å². The van der Waals surface area contributed by atoms with Gasteiger partial charge in [0.25, 0.3) is 0 Å². The van der Waals surface area contributed by atoms with E-state index in [2.05, 4.69) is 171 Å². The first kappa shape index (κ1) is 31.1. The minimum atomic E-state index is -0.0103. The molecule has 0 aliphatic carbocycles. The first-order chi connectivity index (χ1) is 27.1. The number of hydrogen-bond donors (Lipinski definition) is 0. The van der Waals surface area contributed by atoms with Gasteiger partial charge in [-0.05, 0) is 160 Å². The third-order valence-electron chi connectivity index (χ3n) is 14.1. The Morgan fingerprint density at radius 1 is 0.375 bits per heavy atom. The zero-order chi connectivity index (χ0) is 37.8. The molecule has 7 aromatic carbocycles. The molecule has 0 N–H and O–H groups in total. The monoisotopic (exact) mass is 718 g/mol. The summed E-state index contributed by atoms with van der Waals surface area (Å²) in [7, 11) is 0. The lowest BCUT2D eigenvalue weighted by molar-refractivity contribution is 1.28. The number of nitrogens with zero attached hydrogens (tertiary/aromatic N) is 4. The van der Waals surface area contributed by atoms with E-state index in [4.69, 9.17) is 0 Å².